The van der Waals surface area contributed by atoms with Crippen LogP contribution >= 0.6 is 11.8 Å². The number of nitrogens with zero attached hydrogens (tertiary/aromatic N) is 4. The fourth-order valence-electron chi connectivity index (χ4n) is 2.54. The second-order valence-corrected chi connectivity index (χ2v) is 6.39. The van der Waals surface area contributed by atoms with Gasteiger partial charge in [0.25, 0.3) is 0 Å². The SMILES string of the molecule is CCn1c(SCC(=O)Nc2ccccc2F)nnc1N1CCOCC1. The number of aromatic nitrogens is 3. The van der Waals surface area contributed by atoms with Gasteiger partial charge < -0.3 is 15.0 Å². The van der Waals surface area contributed by atoms with Crippen molar-refractivity contribution in [1.29, 1.82) is 0 Å². The lowest BCUT2D eigenvalue weighted by Crippen LogP contribution is -2.38. The van der Waals surface area contributed by atoms with Gasteiger partial charge in [-0.05, 0) is 19.1 Å². The summed E-state index contributed by atoms with van der Waals surface area (Å²) in [7, 11) is 0. The Kier molecular flexibility index (Phi) is 5.87. The Morgan fingerprint density at radius 3 is 2.80 bits per heavy atom. The van der Waals surface area contributed by atoms with E-state index in [-0.39, 0.29) is 17.3 Å². The van der Waals surface area contributed by atoms with Gasteiger partial charge in [0.1, 0.15) is 5.82 Å². The van der Waals surface area contributed by atoms with Crippen LogP contribution in [0.15, 0.2) is 29.4 Å². The Bertz CT molecular complexity index is 733. The van der Waals surface area contributed by atoms with E-state index < -0.39 is 5.82 Å². The van der Waals surface area contributed by atoms with E-state index in [1.54, 1.807) is 12.1 Å². The van der Waals surface area contributed by atoms with Crippen molar-refractivity contribution in [3.8, 4) is 0 Å². The van der Waals surface area contributed by atoms with Crippen LogP contribution in [0.5, 0.6) is 0 Å². The molecule has 1 aliphatic rings. The number of rotatable bonds is 6. The fraction of sp³-hybridized carbons (Fsp3) is 0.438. The van der Waals surface area contributed by atoms with Gasteiger partial charge in [0.2, 0.25) is 11.9 Å². The molecule has 25 heavy (non-hydrogen) atoms. The second-order valence-electron chi connectivity index (χ2n) is 5.44. The Hall–Kier alpha value is -2.13. The van der Waals surface area contributed by atoms with Gasteiger partial charge in [-0.1, -0.05) is 23.9 Å². The molecule has 1 amide bonds. The lowest BCUT2D eigenvalue weighted by Gasteiger charge is -2.27. The Balaban J connectivity index is 1.62. The number of anilines is 2. The number of ether oxygens (including phenoxy) is 1. The van der Waals surface area contributed by atoms with Gasteiger partial charge in [0, 0.05) is 19.6 Å². The van der Waals surface area contributed by atoms with Crippen molar-refractivity contribution in [1.82, 2.24) is 14.8 Å². The third kappa shape index (κ3) is 4.29. The summed E-state index contributed by atoms with van der Waals surface area (Å²) in [4.78, 5) is 14.2. The van der Waals surface area contributed by atoms with Gasteiger partial charge in [-0.25, -0.2) is 4.39 Å². The molecule has 1 fully saturated rings. The number of amides is 1. The van der Waals surface area contributed by atoms with Gasteiger partial charge in [-0.15, -0.1) is 10.2 Å². The summed E-state index contributed by atoms with van der Waals surface area (Å²) in [5.74, 6) is 0.193. The van der Waals surface area contributed by atoms with Gasteiger partial charge in [0.05, 0.1) is 24.7 Å². The quantitative estimate of drug-likeness (QED) is 0.790. The molecule has 7 nitrogen and oxygen atoms in total. The van der Waals surface area contributed by atoms with Gasteiger partial charge in [-0.2, -0.15) is 0 Å². The van der Waals surface area contributed by atoms with Crippen LogP contribution < -0.4 is 10.2 Å². The first-order valence-corrected chi connectivity index (χ1v) is 9.10. The fourth-order valence-corrected chi connectivity index (χ4v) is 3.34. The van der Waals surface area contributed by atoms with Crippen LogP contribution in [0.2, 0.25) is 0 Å². The predicted octanol–water partition coefficient (Wildman–Crippen LogP) is 2.00. The lowest BCUT2D eigenvalue weighted by atomic mass is 10.3. The zero-order valence-corrected chi connectivity index (χ0v) is 14.8. The average Bonchev–Trinajstić information content (AvgIpc) is 3.05. The molecule has 2 aromatic rings. The number of halogens is 1. The molecule has 0 saturated carbocycles. The minimum Gasteiger partial charge on any atom is -0.378 e. The number of nitrogens with one attached hydrogen (secondary N) is 1. The van der Waals surface area contributed by atoms with Crippen LogP contribution in [-0.4, -0.2) is 52.7 Å². The highest BCUT2D eigenvalue weighted by Crippen LogP contribution is 2.23. The number of carbonyl (C=O) groups excluding carboxylic acids is 1. The standard InChI is InChI=1S/C16H20FN5O2S/c1-2-22-15(21-7-9-24-10-8-21)19-20-16(22)25-11-14(23)18-13-6-4-3-5-12(13)17/h3-6H,2,7-11H2,1H3,(H,18,23). The summed E-state index contributed by atoms with van der Waals surface area (Å²) in [6, 6.07) is 6.10. The van der Waals surface area contributed by atoms with Crippen LogP contribution in [-0.2, 0) is 16.1 Å². The first kappa shape index (κ1) is 17.7. The number of para-hydroxylation sites is 1. The molecule has 1 N–H and O–H groups in total. The summed E-state index contributed by atoms with van der Waals surface area (Å²) in [6.07, 6.45) is 0. The van der Waals surface area contributed by atoms with Crippen LogP contribution in [0.25, 0.3) is 0 Å². The zero-order chi connectivity index (χ0) is 17.6. The maximum Gasteiger partial charge on any atom is 0.234 e. The molecule has 1 aromatic heterocycles. The third-order valence-electron chi connectivity index (χ3n) is 3.79. The maximum absolute atomic E-state index is 13.6. The molecule has 0 radical (unpaired) electrons. The third-order valence-corrected chi connectivity index (χ3v) is 4.75. The molecule has 0 bridgehead atoms. The highest BCUT2D eigenvalue weighted by atomic mass is 32.2. The molecule has 0 aliphatic carbocycles. The van der Waals surface area contributed by atoms with E-state index in [0.717, 1.165) is 19.0 Å². The highest BCUT2D eigenvalue weighted by molar-refractivity contribution is 7.99. The van der Waals surface area contributed by atoms with Crippen molar-refractivity contribution < 1.29 is 13.9 Å². The van der Waals surface area contributed by atoms with Crippen molar-refractivity contribution >= 4 is 29.3 Å². The highest BCUT2D eigenvalue weighted by Gasteiger charge is 2.20. The van der Waals surface area contributed by atoms with Gasteiger partial charge in [-0.3, -0.25) is 9.36 Å². The van der Waals surface area contributed by atoms with Crippen LogP contribution in [0.4, 0.5) is 16.0 Å². The topological polar surface area (TPSA) is 72.3 Å². The van der Waals surface area contributed by atoms with Crippen molar-refractivity contribution in [2.75, 3.05) is 42.3 Å². The maximum atomic E-state index is 13.6. The van der Waals surface area contributed by atoms with Gasteiger partial charge in [0.15, 0.2) is 5.16 Å². The molecular weight excluding hydrogens is 345 g/mol. The monoisotopic (exact) mass is 365 g/mol. The summed E-state index contributed by atoms with van der Waals surface area (Å²) in [6.45, 7) is 5.61. The second kappa shape index (κ2) is 8.30. The molecule has 2 heterocycles. The molecule has 3 rings (SSSR count). The van der Waals surface area contributed by atoms with E-state index in [1.165, 1.54) is 23.9 Å². The number of benzene rings is 1. The van der Waals surface area contributed by atoms with E-state index >= 15 is 0 Å². The van der Waals surface area contributed by atoms with E-state index in [1.807, 2.05) is 11.5 Å². The average molecular weight is 365 g/mol. The number of thioether (sulfide) groups is 1. The molecule has 0 atom stereocenters. The predicted molar refractivity (Wildman–Crippen MR) is 94.5 cm³/mol. The summed E-state index contributed by atoms with van der Waals surface area (Å²) in [5, 5.41) is 11.7. The van der Waals surface area contributed by atoms with E-state index in [9.17, 15) is 9.18 Å². The number of morpholine rings is 1. The summed E-state index contributed by atoms with van der Waals surface area (Å²) >= 11 is 1.29. The molecule has 134 valence electrons. The Morgan fingerprint density at radius 1 is 1.32 bits per heavy atom. The first-order chi connectivity index (χ1) is 12.2. The number of carbonyl (C=O) groups is 1. The summed E-state index contributed by atoms with van der Waals surface area (Å²) < 4.78 is 20.9. The minimum atomic E-state index is -0.452. The van der Waals surface area contributed by atoms with Crippen molar-refractivity contribution in [2.24, 2.45) is 0 Å². The van der Waals surface area contributed by atoms with Crippen LogP contribution in [0.1, 0.15) is 6.92 Å². The molecular formula is C16H20FN5O2S. The zero-order valence-electron chi connectivity index (χ0n) is 13.9. The molecule has 9 heteroatoms. The Labute approximate surface area is 149 Å². The minimum absolute atomic E-state index is 0.135. The van der Waals surface area contributed by atoms with E-state index in [0.29, 0.717) is 24.9 Å². The molecule has 1 aliphatic heterocycles. The molecule has 0 spiro atoms. The molecule has 1 aromatic carbocycles. The first-order valence-electron chi connectivity index (χ1n) is 8.12. The Morgan fingerprint density at radius 2 is 2.08 bits per heavy atom. The van der Waals surface area contributed by atoms with Crippen molar-refractivity contribution in [3.05, 3.63) is 30.1 Å². The molecule has 0 unspecified atom stereocenters. The summed E-state index contributed by atoms with van der Waals surface area (Å²) in [5.41, 5.74) is 0.180. The normalized spacial score (nSPS) is 14.6. The van der Waals surface area contributed by atoms with Crippen LogP contribution in [0.3, 0.4) is 0 Å². The van der Waals surface area contributed by atoms with E-state index in [4.69, 9.17) is 4.74 Å². The van der Waals surface area contributed by atoms with Crippen molar-refractivity contribution in [3.63, 3.8) is 0 Å². The largest absolute Gasteiger partial charge is 0.378 e. The van der Waals surface area contributed by atoms with Crippen molar-refractivity contribution in [2.45, 2.75) is 18.6 Å². The number of hydrogen-bond donors (Lipinski definition) is 1. The molecule has 1 saturated heterocycles. The number of hydrogen-bond acceptors (Lipinski definition) is 6. The van der Waals surface area contributed by atoms with Crippen LogP contribution in [0, 0.1) is 5.82 Å². The van der Waals surface area contributed by atoms with E-state index in [2.05, 4.69) is 20.4 Å². The van der Waals surface area contributed by atoms with Gasteiger partial charge >= 0.3 is 0 Å². The smallest absolute Gasteiger partial charge is 0.234 e. The lowest BCUT2D eigenvalue weighted by molar-refractivity contribution is -0.113.